The molecule has 0 aliphatic heterocycles. The molecular weight excluding hydrogens is 394 g/mol. The third kappa shape index (κ3) is 3.74. The molecule has 1 amide bonds. The third-order valence-electron chi connectivity index (χ3n) is 5.25. The Hall–Kier alpha value is -3.74. The molecule has 0 spiro atoms. The number of benzene rings is 2. The third-order valence-corrected chi connectivity index (χ3v) is 5.25. The van der Waals surface area contributed by atoms with Gasteiger partial charge in [0.05, 0.1) is 25.0 Å². The van der Waals surface area contributed by atoms with Gasteiger partial charge in [-0.05, 0) is 63.2 Å². The van der Waals surface area contributed by atoms with Crippen LogP contribution in [-0.2, 0) is 7.05 Å². The van der Waals surface area contributed by atoms with E-state index >= 15 is 0 Å². The summed E-state index contributed by atoms with van der Waals surface area (Å²) in [4.78, 5) is 13.2. The summed E-state index contributed by atoms with van der Waals surface area (Å²) in [7, 11) is 3.44. The van der Waals surface area contributed by atoms with Crippen LogP contribution in [0.1, 0.15) is 28.6 Å². The van der Waals surface area contributed by atoms with Gasteiger partial charge in [0.15, 0.2) is 0 Å². The van der Waals surface area contributed by atoms with Crippen molar-refractivity contribution in [2.75, 3.05) is 19.0 Å². The summed E-state index contributed by atoms with van der Waals surface area (Å²) in [6.45, 7) is 6.19. The predicted octanol–water partition coefficient (Wildman–Crippen LogP) is 5.11. The average molecular weight is 419 g/mol. The Labute approximate surface area is 180 Å². The first-order valence-electron chi connectivity index (χ1n) is 10.1. The largest absolute Gasteiger partial charge is 0.497 e. The van der Waals surface area contributed by atoms with E-state index in [2.05, 4.69) is 10.4 Å². The molecule has 160 valence electrons. The van der Waals surface area contributed by atoms with Crippen LogP contribution in [0.4, 0.5) is 5.82 Å². The van der Waals surface area contributed by atoms with Crippen LogP contribution in [0, 0.1) is 13.8 Å². The lowest BCUT2D eigenvalue weighted by atomic mass is 10.1. The molecule has 0 fully saturated rings. The maximum Gasteiger partial charge on any atom is 0.260 e. The zero-order valence-corrected chi connectivity index (χ0v) is 18.3. The van der Waals surface area contributed by atoms with Crippen LogP contribution in [0.2, 0.25) is 0 Å². The molecule has 0 atom stereocenters. The highest BCUT2D eigenvalue weighted by Gasteiger charge is 2.22. The van der Waals surface area contributed by atoms with Crippen molar-refractivity contribution in [3.63, 3.8) is 0 Å². The van der Waals surface area contributed by atoms with Crippen molar-refractivity contribution in [3.05, 3.63) is 59.4 Å². The summed E-state index contributed by atoms with van der Waals surface area (Å²) >= 11 is 0. The van der Waals surface area contributed by atoms with Crippen molar-refractivity contribution in [1.82, 2.24) is 9.78 Å². The molecule has 0 bridgehead atoms. The van der Waals surface area contributed by atoms with E-state index < -0.39 is 0 Å². The van der Waals surface area contributed by atoms with Gasteiger partial charge >= 0.3 is 0 Å². The van der Waals surface area contributed by atoms with E-state index in [1.165, 1.54) is 0 Å². The Morgan fingerprint density at radius 1 is 1.13 bits per heavy atom. The summed E-state index contributed by atoms with van der Waals surface area (Å²) in [5.74, 6) is 2.40. The quantitative estimate of drug-likeness (QED) is 0.470. The smallest absolute Gasteiger partial charge is 0.260 e. The van der Waals surface area contributed by atoms with Gasteiger partial charge in [-0.25, -0.2) is 0 Å². The van der Waals surface area contributed by atoms with Crippen molar-refractivity contribution in [3.8, 4) is 22.8 Å². The number of hydrogen-bond donors (Lipinski definition) is 1. The number of aryl methyl sites for hydroxylation is 2. The number of hydrogen-bond acceptors (Lipinski definition) is 5. The number of aromatic nitrogens is 2. The van der Waals surface area contributed by atoms with Gasteiger partial charge in [0.2, 0.25) is 0 Å². The summed E-state index contributed by atoms with van der Waals surface area (Å²) in [5.41, 5.74) is 3.75. The molecule has 4 rings (SSSR count). The Balaban J connectivity index is 1.68. The molecule has 31 heavy (non-hydrogen) atoms. The summed E-state index contributed by atoms with van der Waals surface area (Å²) in [5, 5.41) is 8.34. The normalized spacial score (nSPS) is 11.0. The molecule has 1 N–H and O–H groups in total. The highest BCUT2D eigenvalue weighted by atomic mass is 16.5. The molecule has 7 heteroatoms. The first-order valence-corrected chi connectivity index (χ1v) is 10.1. The second kappa shape index (κ2) is 8.18. The molecule has 0 saturated carbocycles. The zero-order chi connectivity index (χ0) is 22.1. The van der Waals surface area contributed by atoms with E-state index in [0.717, 1.165) is 28.0 Å². The number of rotatable bonds is 6. The van der Waals surface area contributed by atoms with Crippen molar-refractivity contribution in [2.24, 2.45) is 7.05 Å². The van der Waals surface area contributed by atoms with Crippen LogP contribution >= 0.6 is 0 Å². The Morgan fingerprint density at radius 2 is 1.84 bits per heavy atom. The molecule has 0 aliphatic rings. The number of carbonyl (C=O) groups excluding carboxylic acids is 1. The monoisotopic (exact) mass is 419 g/mol. The minimum Gasteiger partial charge on any atom is -0.497 e. The zero-order valence-electron chi connectivity index (χ0n) is 18.3. The van der Waals surface area contributed by atoms with Gasteiger partial charge < -0.3 is 19.2 Å². The van der Waals surface area contributed by atoms with Crippen LogP contribution in [0.15, 0.2) is 46.9 Å². The lowest BCUT2D eigenvalue weighted by Gasteiger charge is -2.07. The minimum atomic E-state index is -0.253. The predicted molar refractivity (Wildman–Crippen MR) is 120 cm³/mol. The van der Waals surface area contributed by atoms with Crippen molar-refractivity contribution >= 4 is 22.7 Å². The van der Waals surface area contributed by atoms with Gasteiger partial charge in [0.25, 0.3) is 5.91 Å². The van der Waals surface area contributed by atoms with Gasteiger partial charge in [-0.3, -0.25) is 9.48 Å². The fourth-order valence-electron chi connectivity index (χ4n) is 3.74. The summed E-state index contributed by atoms with van der Waals surface area (Å²) in [6, 6.07) is 13.2. The summed E-state index contributed by atoms with van der Waals surface area (Å²) < 4.78 is 18.3. The number of carbonyl (C=O) groups is 1. The first-order chi connectivity index (χ1) is 14.9. The SMILES string of the molecule is CCOc1ccc2oc(C)c(C(=O)Nc3c(C)c(-c4ccc(OC)cc4)nn3C)c2c1. The van der Waals surface area contributed by atoms with Gasteiger partial charge in [-0.2, -0.15) is 5.10 Å². The van der Waals surface area contributed by atoms with Crippen LogP contribution in [0.25, 0.3) is 22.2 Å². The maximum atomic E-state index is 13.2. The second-order valence-corrected chi connectivity index (χ2v) is 7.25. The van der Waals surface area contributed by atoms with Crippen LogP contribution in [-0.4, -0.2) is 29.4 Å². The number of anilines is 1. The van der Waals surface area contributed by atoms with Gasteiger partial charge in [-0.1, -0.05) is 0 Å². The molecule has 0 unspecified atom stereocenters. The first kappa shape index (κ1) is 20.5. The number of nitrogens with one attached hydrogen (secondary N) is 1. The lowest BCUT2D eigenvalue weighted by Crippen LogP contribution is -2.15. The number of fused-ring (bicyclic) bond motifs is 1. The highest BCUT2D eigenvalue weighted by Crippen LogP contribution is 2.32. The fourth-order valence-corrected chi connectivity index (χ4v) is 3.74. The van der Waals surface area contributed by atoms with Crippen LogP contribution in [0.3, 0.4) is 0 Å². The molecule has 4 aromatic rings. The Bertz CT molecular complexity index is 1250. The Morgan fingerprint density at radius 3 is 2.52 bits per heavy atom. The summed E-state index contributed by atoms with van der Waals surface area (Å²) in [6.07, 6.45) is 0. The van der Waals surface area contributed by atoms with Crippen LogP contribution < -0.4 is 14.8 Å². The number of amides is 1. The van der Waals surface area contributed by atoms with E-state index in [1.54, 1.807) is 18.7 Å². The molecule has 7 nitrogen and oxygen atoms in total. The van der Waals surface area contributed by atoms with Crippen molar-refractivity contribution in [1.29, 1.82) is 0 Å². The van der Waals surface area contributed by atoms with Crippen molar-refractivity contribution < 1.29 is 18.7 Å². The maximum absolute atomic E-state index is 13.2. The highest BCUT2D eigenvalue weighted by molar-refractivity contribution is 6.13. The number of furan rings is 1. The van der Waals surface area contributed by atoms with Crippen LogP contribution in [0.5, 0.6) is 11.5 Å². The van der Waals surface area contributed by atoms with Gasteiger partial charge in [0.1, 0.15) is 28.7 Å². The number of methoxy groups -OCH3 is 1. The molecule has 2 aromatic carbocycles. The average Bonchev–Trinajstić information content (AvgIpc) is 3.24. The molecule has 2 heterocycles. The minimum absolute atomic E-state index is 0.253. The molecule has 0 saturated heterocycles. The van der Waals surface area contributed by atoms with E-state index in [1.807, 2.05) is 63.4 Å². The molecular formula is C24H25N3O4. The fraction of sp³-hybridized carbons (Fsp3) is 0.250. The lowest BCUT2D eigenvalue weighted by molar-refractivity contribution is 0.102. The Kier molecular flexibility index (Phi) is 5.42. The van der Waals surface area contributed by atoms with E-state index in [9.17, 15) is 4.79 Å². The molecule has 2 aromatic heterocycles. The van der Waals surface area contributed by atoms with E-state index in [0.29, 0.717) is 35.1 Å². The van der Waals surface area contributed by atoms with E-state index in [4.69, 9.17) is 13.9 Å². The topological polar surface area (TPSA) is 78.5 Å². The molecule has 0 radical (unpaired) electrons. The number of ether oxygens (including phenoxy) is 2. The van der Waals surface area contributed by atoms with Gasteiger partial charge in [0, 0.05) is 23.6 Å². The number of nitrogens with zero attached hydrogens (tertiary/aromatic N) is 2. The van der Waals surface area contributed by atoms with Gasteiger partial charge in [-0.15, -0.1) is 0 Å². The standard InChI is InChI=1S/C24H25N3O4/c1-6-30-18-11-12-20-19(13-18)21(15(3)31-20)24(28)25-23-14(2)22(26-27(23)4)16-7-9-17(29-5)10-8-16/h7-13H,6H2,1-5H3,(H,25,28). The van der Waals surface area contributed by atoms with Crippen molar-refractivity contribution in [2.45, 2.75) is 20.8 Å². The van der Waals surface area contributed by atoms with E-state index in [-0.39, 0.29) is 5.91 Å². The second-order valence-electron chi connectivity index (χ2n) is 7.25. The molecule has 0 aliphatic carbocycles.